The van der Waals surface area contributed by atoms with E-state index in [4.69, 9.17) is 14.2 Å². The zero-order chi connectivity index (χ0) is 33.6. The third kappa shape index (κ3) is 6.59. The van der Waals surface area contributed by atoms with Crippen LogP contribution in [-0.4, -0.2) is 48.8 Å². The number of hydrogen-bond donors (Lipinski definition) is 0. The Kier molecular flexibility index (Phi) is 8.90. The van der Waals surface area contributed by atoms with Gasteiger partial charge in [-0.15, -0.1) is 0 Å². The maximum Gasteiger partial charge on any atom is 0.416 e. The Morgan fingerprint density at radius 3 is 2.50 bits per heavy atom. The molecule has 0 radical (unpaired) electrons. The Balaban J connectivity index is 1.53. The van der Waals surface area contributed by atoms with Crippen LogP contribution in [0.4, 0.5) is 22.4 Å². The lowest BCUT2D eigenvalue weighted by atomic mass is 9.72. The first kappa shape index (κ1) is 33.0. The molecular formula is C35H36F4N2O5. The molecule has 7 nitrogen and oxygen atoms in total. The number of aryl methyl sites for hydroxylation is 1. The lowest BCUT2D eigenvalue weighted by Crippen LogP contribution is -2.35. The number of allylic oxidation sites excluding steroid dienone is 1. The quantitative estimate of drug-likeness (QED) is 0.190. The van der Waals surface area contributed by atoms with Gasteiger partial charge in [0.05, 0.1) is 31.4 Å². The van der Waals surface area contributed by atoms with Crippen LogP contribution in [-0.2, 0) is 15.7 Å². The molecule has 2 heterocycles. The maximum absolute atomic E-state index is 15.2. The molecule has 1 saturated heterocycles. The first-order valence-corrected chi connectivity index (χ1v) is 14.9. The fraction of sp³-hybridized carbons (Fsp3) is 0.400. The van der Waals surface area contributed by atoms with Crippen LogP contribution in [0.5, 0.6) is 5.88 Å². The van der Waals surface area contributed by atoms with E-state index in [1.807, 2.05) is 0 Å². The first-order valence-electron chi connectivity index (χ1n) is 14.9. The summed E-state index contributed by atoms with van der Waals surface area (Å²) in [6, 6.07) is 9.04. The van der Waals surface area contributed by atoms with Crippen LogP contribution in [0.15, 0.2) is 54.2 Å². The molecule has 0 saturated carbocycles. The van der Waals surface area contributed by atoms with Gasteiger partial charge in [0.2, 0.25) is 5.88 Å². The van der Waals surface area contributed by atoms with E-state index in [0.717, 1.165) is 35.8 Å². The summed E-state index contributed by atoms with van der Waals surface area (Å²) >= 11 is 0. The summed E-state index contributed by atoms with van der Waals surface area (Å²) in [4.78, 5) is 31.2. The molecule has 1 amide bonds. The van der Waals surface area contributed by atoms with Gasteiger partial charge < -0.3 is 14.2 Å². The van der Waals surface area contributed by atoms with Gasteiger partial charge in [-0.3, -0.25) is 4.90 Å². The zero-order valence-corrected chi connectivity index (χ0v) is 26.5. The summed E-state index contributed by atoms with van der Waals surface area (Å²) in [5, 5.41) is 0. The van der Waals surface area contributed by atoms with Crippen molar-refractivity contribution in [1.82, 2.24) is 9.88 Å². The highest BCUT2D eigenvalue weighted by Gasteiger charge is 2.42. The molecular weight excluding hydrogens is 604 g/mol. The summed E-state index contributed by atoms with van der Waals surface area (Å²) in [6.07, 6.45) is -2.46. The van der Waals surface area contributed by atoms with E-state index >= 15 is 4.39 Å². The van der Waals surface area contributed by atoms with Crippen molar-refractivity contribution in [3.63, 3.8) is 0 Å². The van der Waals surface area contributed by atoms with Gasteiger partial charge in [-0.2, -0.15) is 13.2 Å². The Labute approximate surface area is 265 Å². The number of carbonyl (C=O) groups is 2. The molecule has 0 unspecified atom stereocenters. The molecule has 5 rings (SSSR count). The molecule has 2 aromatic carbocycles. The Hall–Kier alpha value is -4.41. The van der Waals surface area contributed by atoms with E-state index in [9.17, 15) is 22.8 Å². The zero-order valence-electron chi connectivity index (χ0n) is 26.5. The van der Waals surface area contributed by atoms with Crippen LogP contribution in [0.1, 0.15) is 78.7 Å². The van der Waals surface area contributed by atoms with Gasteiger partial charge in [0, 0.05) is 29.4 Å². The number of esters is 1. The summed E-state index contributed by atoms with van der Waals surface area (Å²) in [5.41, 5.74) is 3.07. The highest BCUT2D eigenvalue weighted by Crippen LogP contribution is 2.46. The van der Waals surface area contributed by atoms with E-state index in [-0.39, 0.29) is 28.7 Å². The number of aromatic nitrogens is 1. The number of halogens is 4. The molecule has 1 aromatic heterocycles. The van der Waals surface area contributed by atoms with Crippen molar-refractivity contribution >= 4 is 17.6 Å². The molecule has 2 atom stereocenters. The number of alkyl halides is 3. The largest absolute Gasteiger partial charge is 0.481 e. The molecule has 1 aliphatic carbocycles. The van der Waals surface area contributed by atoms with Crippen molar-refractivity contribution in [2.24, 2.45) is 5.41 Å². The standard InChI is InChI=1S/C35H36F4N2O5/c1-19-11-22(13-25(12-19)35(37,38)39)30-20(2)41(33(43)46-30)18-24-16-34(3,4)10-9-26(24)28-14-23(17-40-31(28)44-5)27-8-7-21(15-29(27)36)32(42)45-6/h7-8,11-15,17,20,30H,9-10,16,18H2,1-6H3/t20-,30-/m0/s1. The first-order chi connectivity index (χ1) is 21.6. The molecule has 11 heteroatoms. The third-order valence-corrected chi connectivity index (χ3v) is 8.75. The van der Waals surface area contributed by atoms with E-state index in [1.165, 1.54) is 32.5 Å². The van der Waals surface area contributed by atoms with Crippen molar-refractivity contribution in [2.75, 3.05) is 20.8 Å². The van der Waals surface area contributed by atoms with Crippen molar-refractivity contribution in [3.8, 4) is 17.0 Å². The molecule has 0 bridgehead atoms. The number of methoxy groups -OCH3 is 2. The molecule has 0 spiro atoms. The van der Waals surface area contributed by atoms with Gasteiger partial charge >= 0.3 is 18.2 Å². The number of benzene rings is 2. The minimum atomic E-state index is -4.53. The molecule has 2 aliphatic rings. The van der Waals surface area contributed by atoms with E-state index in [2.05, 4.69) is 18.8 Å². The van der Waals surface area contributed by atoms with Crippen molar-refractivity contribution in [2.45, 2.75) is 65.3 Å². The minimum Gasteiger partial charge on any atom is -0.481 e. The second-order valence-corrected chi connectivity index (χ2v) is 12.7. The lowest BCUT2D eigenvalue weighted by molar-refractivity contribution is -0.137. The predicted molar refractivity (Wildman–Crippen MR) is 164 cm³/mol. The molecule has 46 heavy (non-hydrogen) atoms. The number of rotatable bonds is 7. The Bertz CT molecular complexity index is 1720. The van der Waals surface area contributed by atoms with Gasteiger partial charge in [0.15, 0.2) is 0 Å². The normalized spacial score (nSPS) is 19.7. The summed E-state index contributed by atoms with van der Waals surface area (Å²) in [6.45, 7) is 7.79. The van der Waals surface area contributed by atoms with Crippen LogP contribution in [0.25, 0.3) is 16.7 Å². The van der Waals surface area contributed by atoms with Gasteiger partial charge in [0.1, 0.15) is 11.9 Å². The van der Waals surface area contributed by atoms with Gasteiger partial charge in [-0.05, 0) is 85.6 Å². The molecule has 244 valence electrons. The number of nitrogens with zero attached hydrogens (tertiary/aromatic N) is 2. The topological polar surface area (TPSA) is 78.0 Å². The molecule has 1 fully saturated rings. The van der Waals surface area contributed by atoms with Crippen LogP contribution in [0.3, 0.4) is 0 Å². The smallest absolute Gasteiger partial charge is 0.416 e. The fourth-order valence-corrected chi connectivity index (χ4v) is 6.37. The number of cyclic esters (lactones) is 1. The van der Waals surface area contributed by atoms with Crippen LogP contribution in [0.2, 0.25) is 0 Å². The molecule has 0 N–H and O–H groups in total. The Morgan fingerprint density at radius 2 is 1.85 bits per heavy atom. The number of carbonyl (C=O) groups excluding carboxylic acids is 2. The summed E-state index contributed by atoms with van der Waals surface area (Å²) in [5.74, 6) is -0.945. The SMILES string of the molecule is COC(=O)c1ccc(-c2cnc(OC)c(C3=C(CN4C(=O)O[C@H](c5cc(C)cc(C(F)(F)F)c5)[C@@H]4C)CC(C)(C)CC3)c2)c(F)c1. The molecule has 1 aliphatic heterocycles. The highest BCUT2D eigenvalue weighted by molar-refractivity contribution is 5.90. The van der Waals surface area contributed by atoms with Crippen LogP contribution in [0, 0.1) is 18.2 Å². The van der Waals surface area contributed by atoms with E-state index < -0.39 is 41.8 Å². The average molecular weight is 641 g/mol. The second-order valence-electron chi connectivity index (χ2n) is 12.7. The highest BCUT2D eigenvalue weighted by atomic mass is 19.4. The molecule has 3 aromatic rings. The van der Waals surface area contributed by atoms with Gasteiger partial charge in [0.25, 0.3) is 0 Å². The van der Waals surface area contributed by atoms with Crippen LogP contribution < -0.4 is 4.74 Å². The number of pyridine rings is 1. The summed E-state index contributed by atoms with van der Waals surface area (Å²) in [7, 11) is 2.71. The lowest BCUT2D eigenvalue weighted by Gasteiger charge is -2.35. The fourth-order valence-electron chi connectivity index (χ4n) is 6.37. The second kappa shape index (κ2) is 12.4. The number of hydrogen-bond acceptors (Lipinski definition) is 6. The minimum absolute atomic E-state index is 0.0789. The monoisotopic (exact) mass is 640 g/mol. The average Bonchev–Trinajstić information content (AvgIpc) is 3.27. The van der Waals surface area contributed by atoms with Crippen molar-refractivity contribution in [1.29, 1.82) is 0 Å². The van der Waals surface area contributed by atoms with Crippen molar-refractivity contribution < 1.29 is 41.4 Å². The van der Waals surface area contributed by atoms with Crippen molar-refractivity contribution in [3.05, 3.63) is 87.9 Å². The van der Waals surface area contributed by atoms with Gasteiger partial charge in [-0.1, -0.05) is 31.5 Å². The maximum atomic E-state index is 15.2. The predicted octanol–water partition coefficient (Wildman–Crippen LogP) is 8.56. The number of ether oxygens (including phenoxy) is 3. The Morgan fingerprint density at radius 1 is 1.11 bits per heavy atom. The van der Waals surface area contributed by atoms with Crippen LogP contribution >= 0.6 is 0 Å². The van der Waals surface area contributed by atoms with Gasteiger partial charge in [-0.25, -0.2) is 19.0 Å². The van der Waals surface area contributed by atoms with E-state index in [1.54, 1.807) is 30.9 Å². The number of amides is 1. The summed E-state index contributed by atoms with van der Waals surface area (Å²) < 4.78 is 72.0. The van der Waals surface area contributed by atoms with E-state index in [0.29, 0.717) is 35.4 Å². The third-order valence-electron chi connectivity index (χ3n) is 8.75.